The topological polar surface area (TPSA) is 210 Å². The second-order valence-corrected chi connectivity index (χ2v) is 11.5. The van der Waals surface area contributed by atoms with Crippen molar-refractivity contribution in [2.24, 2.45) is 11.7 Å². The van der Waals surface area contributed by atoms with Gasteiger partial charge in [-0.1, -0.05) is 30.3 Å². The maximum absolute atomic E-state index is 13.6. The molecule has 234 valence electrons. The number of hydrogen-bond acceptors (Lipinski definition) is 9. The van der Waals surface area contributed by atoms with Crippen LogP contribution in [0.25, 0.3) is 0 Å². The number of nitrogens with two attached hydrogens (primary N) is 1. The molecule has 0 aromatic heterocycles. The van der Waals surface area contributed by atoms with Gasteiger partial charge in [-0.3, -0.25) is 29.3 Å². The minimum Gasteiger partial charge on any atom is -0.502 e. The summed E-state index contributed by atoms with van der Waals surface area (Å²) in [5.41, 5.74) is 7.51. The van der Waals surface area contributed by atoms with Crippen molar-refractivity contribution in [1.82, 2.24) is 20.9 Å². The Kier molecular flexibility index (Phi) is 9.40. The maximum Gasteiger partial charge on any atom is 0.310 e. The van der Waals surface area contributed by atoms with Gasteiger partial charge in [0, 0.05) is 25.6 Å². The molecule has 2 fully saturated rings. The van der Waals surface area contributed by atoms with Crippen LogP contribution in [0.4, 0.5) is 5.69 Å². The molecule has 1 aliphatic carbocycles. The van der Waals surface area contributed by atoms with Crippen molar-refractivity contribution >= 4 is 29.3 Å². The average Bonchev–Trinajstić information content (AvgIpc) is 3.41. The number of nitrogens with one attached hydrogen (secondary N) is 3. The van der Waals surface area contributed by atoms with Crippen LogP contribution in [0.5, 0.6) is 5.75 Å². The van der Waals surface area contributed by atoms with Gasteiger partial charge < -0.3 is 36.4 Å². The van der Waals surface area contributed by atoms with E-state index in [0.29, 0.717) is 25.9 Å². The Morgan fingerprint density at radius 2 is 1.68 bits per heavy atom. The molecule has 0 radical (unpaired) electrons. The van der Waals surface area contributed by atoms with Crippen LogP contribution in [0.1, 0.15) is 29.5 Å². The SMILES string of the molecule is NC(=O)[C@H](NC(=O)[C@@H](Cc1ccc(O)c([N+](=O)[O-])c1)NC(=O)[C@H]1OC1C(=O)NCCN1CCCC1)C1Cc2ccccc2C1. The first-order valence-electron chi connectivity index (χ1n) is 14.7. The molecular formula is C30H36N6O8. The molecule has 14 nitrogen and oxygen atoms in total. The summed E-state index contributed by atoms with van der Waals surface area (Å²) in [6.07, 6.45) is 0.954. The van der Waals surface area contributed by atoms with Gasteiger partial charge in [0.05, 0.1) is 4.92 Å². The van der Waals surface area contributed by atoms with E-state index < -0.39 is 64.3 Å². The number of carbonyl (C=O) groups excluding carboxylic acids is 4. The van der Waals surface area contributed by atoms with E-state index in [1.54, 1.807) is 0 Å². The lowest BCUT2D eigenvalue weighted by Crippen LogP contribution is -2.56. The van der Waals surface area contributed by atoms with Gasteiger partial charge in [-0.15, -0.1) is 0 Å². The van der Waals surface area contributed by atoms with Gasteiger partial charge in [-0.2, -0.15) is 0 Å². The zero-order valence-corrected chi connectivity index (χ0v) is 24.1. The Hall–Kier alpha value is -4.56. The molecule has 44 heavy (non-hydrogen) atoms. The van der Waals surface area contributed by atoms with Crippen LogP contribution in [0.15, 0.2) is 42.5 Å². The third-order valence-corrected chi connectivity index (χ3v) is 8.40. The van der Waals surface area contributed by atoms with E-state index in [1.807, 2.05) is 24.3 Å². The first-order chi connectivity index (χ1) is 21.1. The summed E-state index contributed by atoms with van der Waals surface area (Å²) in [6, 6.07) is 8.94. The fraction of sp³-hybridized carbons (Fsp3) is 0.467. The Labute approximate surface area is 253 Å². The van der Waals surface area contributed by atoms with Crippen molar-refractivity contribution in [3.8, 4) is 5.75 Å². The fourth-order valence-corrected chi connectivity index (χ4v) is 6.00. The Morgan fingerprint density at radius 1 is 1.02 bits per heavy atom. The summed E-state index contributed by atoms with van der Waals surface area (Å²) in [7, 11) is 0. The lowest BCUT2D eigenvalue weighted by atomic mass is 9.95. The van der Waals surface area contributed by atoms with E-state index in [-0.39, 0.29) is 17.9 Å². The normalized spacial score (nSPS) is 20.7. The van der Waals surface area contributed by atoms with Gasteiger partial charge in [0.1, 0.15) is 12.1 Å². The smallest absolute Gasteiger partial charge is 0.310 e. The number of likely N-dealkylation sites (tertiary alicyclic amines) is 1. The molecule has 0 saturated carbocycles. The predicted octanol–water partition coefficient (Wildman–Crippen LogP) is -0.308. The average molecular weight is 609 g/mol. The summed E-state index contributed by atoms with van der Waals surface area (Å²) in [5, 5.41) is 29.3. The number of ether oxygens (including phenoxy) is 1. The Bertz CT molecular complexity index is 1420. The predicted molar refractivity (Wildman–Crippen MR) is 156 cm³/mol. The number of phenols is 1. The lowest BCUT2D eigenvalue weighted by Gasteiger charge is -2.25. The molecule has 6 N–H and O–H groups in total. The number of carbonyl (C=O) groups is 4. The third-order valence-electron chi connectivity index (χ3n) is 8.40. The number of amides is 4. The highest BCUT2D eigenvalue weighted by Gasteiger charge is 2.51. The van der Waals surface area contributed by atoms with Crippen LogP contribution < -0.4 is 21.7 Å². The fourth-order valence-electron chi connectivity index (χ4n) is 6.00. The van der Waals surface area contributed by atoms with E-state index in [1.165, 1.54) is 6.07 Å². The quantitative estimate of drug-likeness (QED) is 0.115. The lowest BCUT2D eigenvalue weighted by molar-refractivity contribution is -0.385. The van der Waals surface area contributed by atoms with E-state index in [2.05, 4.69) is 20.9 Å². The van der Waals surface area contributed by atoms with Gasteiger partial charge in [0.25, 0.3) is 11.8 Å². The van der Waals surface area contributed by atoms with Crippen molar-refractivity contribution in [2.75, 3.05) is 26.2 Å². The number of nitro benzene ring substituents is 1. The highest BCUT2D eigenvalue weighted by atomic mass is 16.6. The zero-order valence-electron chi connectivity index (χ0n) is 24.1. The Balaban J connectivity index is 1.26. The first kappa shape index (κ1) is 30.9. The van der Waals surface area contributed by atoms with E-state index in [9.17, 15) is 34.4 Å². The molecule has 4 atom stereocenters. The number of nitrogens with zero attached hydrogens (tertiary/aromatic N) is 2. The number of phenolic OH excluding ortho intramolecular Hbond substituents is 1. The van der Waals surface area contributed by atoms with Crippen LogP contribution in [-0.4, -0.2) is 89.0 Å². The zero-order chi connectivity index (χ0) is 31.4. The number of fused-ring (bicyclic) bond motifs is 1. The van der Waals surface area contributed by atoms with E-state index >= 15 is 0 Å². The number of epoxide rings is 1. The summed E-state index contributed by atoms with van der Waals surface area (Å²) in [5.74, 6) is -3.49. The number of benzene rings is 2. The number of rotatable bonds is 13. The number of nitro groups is 1. The summed E-state index contributed by atoms with van der Waals surface area (Å²) in [6.45, 7) is 3.08. The van der Waals surface area contributed by atoms with E-state index in [4.69, 9.17) is 10.5 Å². The van der Waals surface area contributed by atoms with Gasteiger partial charge in [0.15, 0.2) is 18.0 Å². The second kappa shape index (κ2) is 13.4. The third kappa shape index (κ3) is 7.32. The summed E-state index contributed by atoms with van der Waals surface area (Å²) >= 11 is 0. The summed E-state index contributed by atoms with van der Waals surface area (Å²) < 4.78 is 5.33. The molecule has 2 aromatic rings. The van der Waals surface area contributed by atoms with Crippen molar-refractivity contribution in [1.29, 1.82) is 0 Å². The molecular weight excluding hydrogens is 572 g/mol. The molecule has 2 saturated heterocycles. The monoisotopic (exact) mass is 608 g/mol. The number of primary amides is 1. The van der Waals surface area contributed by atoms with Crippen molar-refractivity contribution < 1.29 is 33.9 Å². The highest BCUT2D eigenvalue weighted by molar-refractivity contribution is 5.97. The first-order valence-corrected chi connectivity index (χ1v) is 14.7. The van der Waals surface area contributed by atoms with Gasteiger partial charge >= 0.3 is 5.69 Å². The van der Waals surface area contributed by atoms with Crippen molar-refractivity contribution in [3.05, 3.63) is 69.3 Å². The van der Waals surface area contributed by atoms with Crippen LogP contribution in [0.2, 0.25) is 0 Å². The second-order valence-electron chi connectivity index (χ2n) is 11.5. The Morgan fingerprint density at radius 3 is 2.32 bits per heavy atom. The van der Waals surface area contributed by atoms with Crippen molar-refractivity contribution in [3.63, 3.8) is 0 Å². The van der Waals surface area contributed by atoms with Gasteiger partial charge in [-0.25, -0.2) is 0 Å². The van der Waals surface area contributed by atoms with Crippen LogP contribution >= 0.6 is 0 Å². The number of aromatic hydroxyl groups is 1. The van der Waals surface area contributed by atoms with Gasteiger partial charge in [-0.05, 0) is 67.4 Å². The molecule has 1 unspecified atom stereocenters. The molecule has 2 aromatic carbocycles. The minimum atomic E-state index is -1.31. The summed E-state index contributed by atoms with van der Waals surface area (Å²) in [4.78, 5) is 64.6. The maximum atomic E-state index is 13.6. The van der Waals surface area contributed by atoms with Crippen LogP contribution in [0.3, 0.4) is 0 Å². The van der Waals surface area contributed by atoms with Gasteiger partial charge in [0.2, 0.25) is 11.8 Å². The number of hydrogen-bond donors (Lipinski definition) is 5. The largest absolute Gasteiger partial charge is 0.502 e. The molecule has 5 rings (SSSR count). The molecule has 14 heteroatoms. The molecule has 2 aliphatic heterocycles. The van der Waals surface area contributed by atoms with E-state index in [0.717, 1.165) is 49.2 Å². The standard InChI is InChI=1S/C30H36N6O8/c31-27(38)24(20-15-18-5-1-2-6-19(18)16-20)34-28(39)21(13-17-7-8-23(37)22(14-17)36(42)43)33-30(41)26-25(44-26)29(40)32-9-12-35-10-3-4-11-35/h1-2,5-8,14,20-21,24-26,37H,3-4,9-13,15-16H2,(H2,31,38)(H,32,40)(H,33,41)(H,34,39)/t21-,24-,25?,26+/m1/s1. The van der Waals surface area contributed by atoms with Crippen LogP contribution in [0, 0.1) is 16.0 Å². The molecule has 0 bridgehead atoms. The van der Waals surface area contributed by atoms with Crippen molar-refractivity contribution in [2.45, 2.75) is 56.4 Å². The molecule has 2 heterocycles. The highest BCUT2D eigenvalue weighted by Crippen LogP contribution is 2.30. The van der Waals surface area contributed by atoms with Crippen LogP contribution in [-0.2, 0) is 43.2 Å². The molecule has 4 amide bonds. The molecule has 0 spiro atoms. The molecule has 3 aliphatic rings. The minimum absolute atomic E-state index is 0.214.